The molecule has 2 aromatic carbocycles. The van der Waals surface area contributed by atoms with E-state index in [1.54, 1.807) is 0 Å². The second kappa shape index (κ2) is 8.11. The Hall–Kier alpha value is -2.13. The fraction of sp³-hybridized carbons (Fsp3) is 0.381. The quantitative estimate of drug-likeness (QED) is 0.848. The fourth-order valence-corrected chi connectivity index (χ4v) is 2.76. The summed E-state index contributed by atoms with van der Waals surface area (Å²) in [5.41, 5.74) is 2.31. The summed E-state index contributed by atoms with van der Waals surface area (Å²) in [6.07, 6.45) is 0.714. The van der Waals surface area contributed by atoms with Gasteiger partial charge in [0.25, 0.3) is 0 Å². The monoisotopic (exact) mass is 324 g/mol. The first-order valence-corrected chi connectivity index (χ1v) is 8.44. The van der Waals surface area contributed by atoms with Crippen molar-refractivity contribution in [1.29, 1.82) is 0 Å². The zero-order valence-electron chi connectivity index (χ0n) is 15.1. The van der Waals surface area contributed by atoms with E-state index in [9.17, 15) is 4.79 Å². The van der Waals surface area contributed by atoms with E-state index in [-0.39, 0.29) is 17.4 Å². The number of likely N-dealkylation sites (N-methyl/N-ethyl adjacent to an activating group) is 1. The summed E-state index contributed by atoms with van der Waals surface area (Å²) in [4.78, 5) is 14.7. The van der Waals surface area contributed by atoms with Crippen LogP contribution in [0.5, 0.6) is 0 Å². The van der Waals surface area contributed by atoms with Gasteiger partial charge in [0.05, 0.1) is 6.04 Å². The lowest BCUT2D eigenvalue weighted by Gasteiger charge is -2.29. The Labute approximate surface area is 145 Å². The van der Waals surface area contributed by atoms with Crippen LogP contribution in [0.1, 0.15) is 25.0 Å². The molecule has 1 unspecified atom stereocenters. The minimum Gasteiger partial charge on any atom is -0.354 e. The maximum Gasteiger partial charge on any atom is 0.237 e. The number of rotatable bonds is 7. The molecule has 1 N–H and O–H groups in total. The summed E-state index contributed by atoms with van der Waals surface area (Å²) >= 11 is 0. The Morgan fingerprint density at radius 3 is 2.08 bits per heavy atom. The van der Waals surface area contributed by atoms with E-state index in [0.717, 1.165) is 0 Å². The van der Waals surface area contributed by atoms with E-state index in [4.69, 9.17) is 0 Å². The highest BCUT2D eigenvalue weighted by atomic mass is 16.2. The lowest BCUT2D eigenvalue weighted by molar-refractivity contribution is -0.125. The van der Waals surface area contributed by atoms with E-state index in [0.29, 0.717) is 13.0 Å². The highest BCUT2D eigenvalue weighted by Gasteiger charge is 2.25. The number of nitrogens with one attached hydrogen (secondary N) is 1. The molecular formula is C21H28N2O. The Morgan fingerprint density at radius 2 is 1.54 bits per heavy atom. The molecule has 0 aromatic heterocycles. The Kier molecular flexibility index (Phi) is 6.16. The first kappa shape index (κ1) is 18.2. The van der Waals surface area contributed by atoms with Gasteiger partial charge in [0.1, 0.15) is 0 Å². The number of carbonyl (C=O) groups is 1. The van der Waals surface area contributed by atoms with Gasteiger partial charge in [0.2, 0.25) is 5.91 Å². The molecule has 128 valence electrons. The van der Waals surface area contributed by atoms with Crippen LogP contribution in [0, 0.1) is 0 Å². The van der Waals surface area contributed by atoms with Crippen LogP contribution in [-0.2, 0) is 16.6 Å². The molecule has 2 rings (SSSR count). The van der Waals surface area contributed by atoms with Gasteiger partial charge in [-0.2, -0.15) is 0 Å². The molecule has 0 heterocycles. The van der Waals surface area contributed by atoms with Crippen molar-refractivity contribution in [2.45, 2.75) is 31.7 Å². The maximum absolute atomic E-state index is 12.7. The van der Waals surface area contributed by atoms with Gasteiger partial charge in [-0.1, -0.05) is 74.5 Å². The maximum atomic E-state index is 12.7. The number of carbonyl (C=O) groups excluding carboxylic acids is 1. The van der Waals surface area contributed by atoms with Gasteiger partial charge in [0.15, 0.2) is 0 Å². The average molecular weight is 324 g/mol. The predicted octanol–water partition coefficient (Wildman–Crippen LogP) is 3.25. The lowest BCUT2D eigenvalue weighted by Crippen LogP contribution is -2.48. The van der Waals surface area contributed by atoms with Gasteiger partial charge in [-0.25, -0.2) is 0 Å². The number of nitrogens with zero attached hydrogens (tertiary/aromatic N) is 1. The molecule has 0 radical (unpaired) electrons. The van der Waals surface area contributed by atoms with Crippen molar-refractivity contribution < 1.29 is 4.79 Å². The van der Waals surface area contributed by atoms with E-state index < -0.39 is 0 Å². The van der Waals surface area contributed by atoms with E-state index in [1.807, 2.05) is 55.4 Å². The van der Waals surface area contributed by atoms with Crippen LogP contribution in [0.4, 0.5) is 0 Å². The Bertz CT molecular complexity index is 635. The van der Waals surface area contributed by atoms with Gasteiger partial charge in [-0.15, -0.1) is 0 Å². The number of hydrogen-bond acceptors (Lipinski definition) is 2. The molecule has 0 aliphatic heterocycles. The highest BCUT2D eigenvalue weighted by Crippen LogP contribution is 2.21. The van der Waals surface area contributed by atoms with Crippen molar-refractivity contribution >= 4 is 5.91 Å². The second-order valence-corrected chi connectivity index (χ2v) is 7.14. The molecule has 0 aliphatic carbocycles. The van der Waals surface area contributed by atoms with Crippen molar-refractivity contribution in [2.75, 3.05) is 20.6 Å². The largest absolute Gasteiger partial charge is 0.354 e. The molecule has 0 spiro atoms. The van der Waals surface area contributed by atoms with Crippen molar-refractivity contribution in [3.63, 3.8) is 0 Å². The van der Waals surface area contributed by atoms with Gasteiger partial charge in [-0.3, -0.25) is 9.69 Å². The summed E-state index contributed by atoms with van der Waals surface area (Å²) in [6, 6.07) is 20.3. The number of hydrogen-bond donors (Lipinski definition) is 1. The van der Waals surface area contributed by atoms with Gasteiger partial charge in [-0.05, 0) is 31.6 Å². The summed E-state index contributed by atoms with van der Waals surface area (Å²) in [7, 11) is 3.91. The van der Waals surface area contributed by atoms with E-state index in [2.05, 4.69) is 43.4 Å². The normalized spacial score (nSPS) is 12.9. The first-order chi connectivity index (χ1) is 11.4. The smallest absolute Gasteiger partial charge is 0.237 e. The van der Waals surface area contributed by atoms with Crippen LogP contribution in [0.2, 0.25) is 0 Å². The van der Waals surface area contributed by atoms with Crippen molar-refractivity contribution in [2.24, 2.45) is 0 Å². The summed E-state index contributed by atoms with van der Waals surface area (Å²) in [6.45, 7) is 4.93. The average Bonchev–Trinajstić information content (AvgIpc) is 2.59. The standard InChI is InChI=1S/C21H28N2O/c1-21(2,18-13-9-6-10-14-18)16-22-20(24)19(23(3)4)15-17-11-7-5-8-12-17/h5-14,19H,15-16H2,1-4H3,(H,22,24). The second-order valence-electron chi connectivity index (χ2n) is 7.14. The lowest BCUT2D eigenvalue weighted by atomic mass is 9.84. The van der Waals surface area contributed by atoms with Crippen LogP contribution in [-0.4, -0.2) is 37.5 Å². The topological polar surface area (TPSA) is 32.3 Å². The molecule has 2 aromatic rings. The van der Waals surface area contributed by atoms with Crippen LogP contribution in [0.25, 0.3) is 0 Å². The van der Waals surface area contributed by atoms with Crippen molar-refractivity contribution in [3.8, 4) is 0 Å². The molecule has 0 saturated carbocycles. The third kappa shape index (κ3) is 4.93. The van der Waals surface area contributed by atoms with Gasteiger partial charge >= 0.3 is 0 Å². The molecule has 0 bridgehead atoms. The summed E-state index contributed by atoms with van der Waals surface area (Å²) in [5, 5.41) is 3.14. The third-order valence-corrected chi connectivity index (χ3v) is 4.46. The highest BCUT2D eigenvalue weighted by molar-refractivity contribution is 5.82. The van der Waals surface area contributed by atoms with Crippen LogP contribution >= 0.6 is 0 Å². The molecule has 0 saturated heterocycles. The fourth-order valence-electron chi connectivity index (χ4n) is 2.76. The molecular weight excluding hydrogens is 296 g/mol. The van der Waals surface area contributed by atoms with Crippen LogP contribution in [0.3, 0.4) is 0 Å². The molecule has 0 fully saturated rings. The minimum atomic E-state index is -0.168. The van der Waals surface area contributed by atoms with Gasteiger partial charge in [0, 0.05) is 12.0 Å². The molecule has 3 heteroatoms. The Balaban J connectivity index is 2.00. The molecule has 1 amide bonds. The first-order valence-electron chi connectivity index (χ1n) is 8.44. The van der Waals surface area contributed by atoms with Crippen LogP contribution < -0.4 is 5.32 Å². The summed E-state index contributed by atoms with van der Waals surface area (Å²) in [5.74, 6) is 0.0767. The molecule has 24 heavy (non-hydrogen) atoms. The van der Waals surface area contributed by atoms with Crippen molar-refractivity contribution in [1.82, 2.24) is 10.2 Å². The predicted molar refractivity (Wildman–Crippen MR) is 100 cm³/mol. The van der Waals surface area contributed by atoms with E-state index >= 15 is 0 Å². The van der Waals surface area contributed by atoms with Gasteiger partial charge < -0.3 is 5.32 Å². The SMILES string of the molecule is CN(C)C(Cc1ccccc1)C(=O)NCC(C)(C)c1ccccc1. The van der Waals surface area contributed by atoms with Crippen LogP contribution in [0.15, 0.2) is 60.7 Å². The number of benzene rings is 2. The molecule has 3 nitrogen and oxygen atoms in total. The molecule has 0 aliphatic rings. The van der Waals surface area contributed by atoms with E-state index in [1.165, 1.54) is 11.1 Å². The zero-order chi connectivity index (χ0) is 17.6. The third-order valence-electron chi connectivity index (χ3n) is 4.46. The van der Waals surface area contributed by atoms with Crippen molar-refractivity contribution in [3.05, 3.63) is 71.8 Å². The summed E-state index contributed by atoms with van der Waals surface area (Å²) < 4.78 is 0. The Morgan fingerprint density at radius 1 is 1.00 bits per heavy atom. The minimum absolute atomic E-state index is 0.0767. The molecule has 1 atom stereocenters. The zero-order valence-corrected chi connectivity index (χ0v) is 15.1. The number of amides is 1.